The van der Waals surface area contributed by atoms with E-state index in [2.05, 4.69) is 58.9 Å². The lowest BCUT2D eigenvalue weighted by atomic mass is 9.60. The molecule has 3 rings (SSSR count). The first-order chi connectivity index (χ1) is 14.3. The highest BCUT2D eigenvalue weighted by molar-refractivity contribution is 5.29. The smallest absolute Gasteiger partial charge is 0.197 e. The van der Waals surface area contributed by atoms with Crippen LogP contribution in [0.15, 0.2) is 24.3 Å². The second kappa shape index (κ2) is 10.5. The van der Waals surface area contributed by atoms with E-state index in [0.717, 1.165) is 23.5 Å². The van der Waals surface area contributed by atoms with E-state index in [1.54, 1.807) is 0 Å². The van der Waals surface area contributed by atoms with Gasteiger partial charge in [-0.05, 0) is 98.7 Å². The maximum Gasteiger partial charge on any atom is 0.197 e. The van der Waals surface area contributed by atoms with E-state index in [4.69, 9.17) is 9.47 Å². The van der Waals surface area contributed by atoms with Crippen molar-refractivity contribution in [3.05, 3.63) is 29.8 Å². The fourth-order valence-electron chi connectivity index (χ4n) is 5.88. The molecule has 2 saturated carbocycles. The molecule has 0 saturated heterocycles. The van der Waals surface area contributed by atoms with Gasteiger partial charge in [-0.3, -0.25) is 0 Å². The van der Waals surface area contributed by atoms with Gasteiger partial charge in [0.25, 0.3) is 0 Å². The van der Waals surface area contributed by atoms with Crippen molar-refractivity contribution in [2.24, 2.45) is 23.2 Å². The molecule has 2 fully saturated rings. The molecule has 2 unspecified atom stereocenters. The van der Waals surface area contributed by atoms with E-state index in [0.29, 0.717) is 17.4 Å². The molecular weight excluding hydrogens is 368 g/mol. The van der Waals surface area contributed by atoms with Crippen LogP contribution in [0.4, 0.5) is 0 Å². The van der Waals surface area contributed by atoms with Crippen LogP contribution in [0, 0.1) is 23.2 Å². The molecule has 0 amide bonds. The van der Waals surface area contributed by atoms with Gasteiger partial charge in [0.2, 0.25) is 0 Å². The fraction of sp³-hybridized carbons (Fsp3) is 0.786. The van der Waals surface area contributed by atoms with E-state index in [9.17, 15) is 0 Å². The minimum absolute atomic E-state index is 0.186. The van der Waals surface area contributed by atoms with Crippen molar-refractivity contribution in [1.82, 2.24) is 0 Å². The normalized spacial score (nSPS) is 29.9. The Balaban J connectivity index is 1.43. The van der Waals surface area contributed by atoms with E-state index in [1.165, 1.54) is 63.4 Å². The Kier molecular flexibility index (Phi) is 8.30. The van der Waals surface area contributed by atoms with Crippen LogP contribution < -0.4 is 4.74 Å². The Bertz CT molecular complexity index is 619. The number of hydrogen-bond donors (Lipinski definition) is 0. The summed E-state index contributed by atoms with van der Waals surface area (Å²) in [6.07, 6.45) is 12.0. The standard InChI is InChI=1S/C28H46O2/c1-7-21(3)23-10-16-26(17-11-23)29-22(4)30-27-18-14-25(15-19-27)28(5,6)24-12-8-20(2)9-13-24/h10-11,16-17,20-22,24-25,27H,7-9,12-15,18-19H2,1-6H3. The summed E-state index contributed by atoms with van der Waals surface area (Å²) < 4.78 is 12.4. The minimum atomic E-state index is -0.186. The van der Waals surface area contributed by atoms with Crippen LogP contribution in [0.25, 0.3) is 0 Å². The summed E-state index contributed by atoms with van der Waals surface area (Å²) in [6.45, 7) is 14.1. The molecule has 1 aromatic rings. The highest BCUT2D eigenvalue weighted by Crippen LogP contribution is 2.49. The zero-order valence-corrected chi connectivity index (χ0v) is 20.5. The van der Waals surface area contributed by atoms with E-state index in [-0.39, 0.29) is 6.29 Å². The maximum absolute atomic E-state index is 6.29. The monoisotopic (exact) mass is 414 g/mol. The average Bonchev–Trinajstić information content (AvgIpc) is 2.74. The third-order valence-electron chi connectivity index (χ3n) is 8.54. The number of ether oxygens (including phenoxy) is 2. The average molecular weight is 415 g/mol. The van der Waals surface area contributed by atoms with E-state index < -0.39 is 0 Å². The van der Waals surface area contributed by atoms with Gasteiger partial charge in [-0.25, -0.2) is 0 Å². The van der Waals surface area contributed by atoms with Crippen molar-refractivity contribution >= 4 is 0 Å². The number of rotatable bonds is 8. The van der Waals surface area contributed by atoms with Gasteiger partial charge in [-0.2, -0.15) is 0 Å². The lowest BCUT2D eigenvalue weighted by Crippen LogP contribution is -2.38. The van der Waals surface area contributed by atoms with E-state index in [1.807, 2.05) is 6.92 Å². The molecule has 0 aromatic heterocycles. The van der Waals surface area contributed by atoms with Crippen molar-refractivity contribution in [2.75, 3.05) is 0 Å². The van der Waals surface area contributed by atoms with Crippen LogP contribution in [-0.4, -0.2) is 12.4 Å². The van der Waals surface area contributed by atoms with Crippen LogP contribution in [0.1, 0.15) is 111 Å². The molecule has 2 heteroatoms. The van der Waals surface area contributed by atoms with Gasteiger partial charge in [0, 0.05) is 0 Å². The van der Waals surface area contributed by atoms with Gasteiger partial charge in [-0.1, -0.05) is 59.6 Å². The molecule has 0 radical (unpaired) electrons. The Hall–Kier alpha value is -1.02. The van der Waals surface area contributed by atoms with Crippen molar-refractivity contribution in [2.45, 2.75) is 118 Å². The quantitative estimate of drug-likeness (QED) is 0.398. The predicted molar refractivity (Wildman–Crippen MR) is 127 cm³/mol. The van der Waals surface area contributed by atoms with E-state index >= 15 is 0 Å². The third kappa shape index (κ3) is 6.02. The molecule has 2 aliphatic rings. The molecule has 30 heavy (non-hydrogen) atoms. The topological polar surface area (TPSA) is 18.5 Å². The summed E-state index contributed by atoms with van der Waals surface area (Å²) in [5.41, 5.74) is 1.86. The van der Waals surface area contributed by atoms with Crippen LogP contribution >= 0.6 is 0 Å². The van der Waals surface area contributed by atoms with Crippen molar-refractivity contribution in [1.29, 1.82) is 0 Å². The van der Waals surface area contributed by atoms with Crippen LogP contribution in [0.3, 0.4) is 0 Å². The molecule has 0 spiro atoms. The summed E-state index contributed by atoms with van der Waals surface area (Å²) in [6, 6.07) is 8.56. The van der Waals surface area contributed by atoms with Gasteiger partial charge in [-0.15, -0.1) is 0 Å². The molecule has 0 N–H and O–H groups in total. The first kappa shape index (κ1) is 23.6. The van der Waals surface area contributed by atoms with Gasteiger partial charge >= 0.3 is 0 Å². The lowest BCUT2D eigenvalue weighted by molar-refractivity contribution is -0.125. The van der Waals surface area contributed by atoms with Crippen molar-refractivity contribution in [3.63, 3.8) is 0 Å². The minimum Gasteiger partial charge on any atom is -0.465 e. The van der Waals surface area contributed by atoms with Gasteiger partial charge in [0.1, 0.15) is 5.75 Å². The molecule has 2 nitrogen and oxygen atoms in total. The third-order valence-corrected chi connectivity index (χ3v) is 8.54. The Morgan fingerprint density at radius 3 is 1.93 bits per heavy atom. The highest BCUT2D eigenvalue weighted by atomic mass is 16.7. The summed E-state index contributed by atoms with van der Waals surface area (Å²) >= 11 is 0. The summed E-state index contributed by atoms with van der Waals surface area (Å²) in [7, 11) is 0. The molecule has 1 aromatic carbocycles. The van der Waals surface area contributed by atoms with Crippen molar-refractivity contribution < 1.29 is 9.47 Å². The maximum atomic E-state index is 6.29. The lowest BCUT2D eigenvalue weighted by Gasteiger charge is -2.46. The zero-order valence-electron chi connectivity index (χ0n) is 20.5. The first-order valence-electron chi connectivity index (χ1n) is 12.7. The SMILES string of the molecule is CCC(C)c1ccc(OC(C)OC2CCC(C(C)(C)C3CCC(C)CC3)CC2)cc1. The summed E-state index contributed by atoms with van der Waals surface area (Å²) in [5.74, 6) is 4.21. The highest BCUT2D eigenvalue weighted by Gasteiger charge is 2.40. The Labute approximate surface area is 186 Å². The van der Waals surface area contributed by atoms with Crippen LogP contribution in [0.2, 0.25) is 0 Å². The zero-order chi connectivity index (χ0) is 21.7. The van der Waals surface area contributed by atoms with Gasteiger partial charge < -0.3 is 9.47 Å². The molecule has 0 bridgehead atoms. The first-order valence-corrected chi connectivity index (χ1v) is 12.7. The summed E-state index contributed by atoms with van der Waals surface area (Å²) in [4.78, 5) is 0. The largest absolute Gasteiger partial charge is 0.465 e. The molecular formula is C28H46O2. The van der Waals surface area contributed by atoms with Gasteiger partial charge in [0.05, 0.1) is 6.10 Å². The van der Waals surface area contributed by atoms with Crippen LogP contribution in [0.5, 0.6) is 5.75 Å². The Morgan fingerprint density at radius 1 is 0.867 bits per heavy atom. The number of benzene rings is 1. The van der Waals surface area contributed by atoms with Gasteiger partial charge in [0.15, 0.2) is 6.29 Å². The number of hydrogen-bond acceptors (Lipinski definition) is 2. The fourth-order valence-corrected chi connectivity index (χ4v) is 5.88. The second-order valence-corrected chi connectivity index (χ2v) is 11.0. The Morgan fingerprint density at radius 2 is 1.40 bits per heavy atom. The van der Waals surface area contributed by atoms with Crippen LogP contribution in [-0.2, 0) is 4.74 Å². The second-order valence-electron chi connectivity index (χ2n) is 11.0. The predicted octanol–water partition coefficient (Wildman–Crippen LogP) is 8.35. The molecule has 0 aliphatic heterocycles. The van der Waals surface area contributed by atoms with Crippen molar-refractivity contribution in [3.8, 4) is 5.75 Å². The molecule has 2 atom stereocenters. The molecule has 0 heterocycles. The molecule has 170 valence electrons. The molecule has 2 aliphatic carbocycles. The summed E-state index contributed by atoms with van der Waals surface area (Å²) in [5, 5.41) is 0.